The number of hydrogen-bond donors (Lipinski definition) is 1. The normalized spacial score (nSPS) is 11.2. The summed E-state index contributed by atoms with van der Waals surface area (Å²) in [6.45, 7) is 4.50. The van der Waals surface area contributed by atoms with Crippen LogP contribution in [0.5, 0.6) is 5.75 Å². The van der Waals surface area contributed by atoms with Gasteiger partial charge in [0, 0.05) is 17.9 Å². The molecule has 0 saturated heterocycles. The third-order valence-electron chi connectivity index (χ3n) is 3.57. The van der Waals surface area contributed by atoms with Crippen LogP contribution in [0.25, 0.3) is 0 Å². The molecular formula is C19H21N3O2. The van der Waals surface area contributed by atoms with Crippen molar-refractivity contribution in [3.8, 4) is 11.8 Å². The zero-order chi connectivity index (χ0) is 17.4. The standard InChI is InChI=1S/C19H21N3O2/c1-3-22(15(2)13-20)17-9-7-8-16(12-17)21-19(23)14-24-18-10-5-4-6-11-18/h4-12,15H,3,14H2,1-2H3,(H,21,23). The van der Waals surface area contributed by atoms with Gasteiger partial charge in [0.15, 0.2) is 6.61 Å². The van der Waals surface area contributed by atoms with Gasteiger partial charge in [0.2, 0.25) is 0 Å². The van der Waals surface area contributed by atoms with Gasteiger partial charge in [-0.1, -0.05) is 24.3 Å². The lowest BCUT2D eigenvalue weighted by molar-refractivity contribution is -0.118. The summed E-state index contributed by atoms with van der Waals surface area (Å²) >= 11 is 0. The summed E-state index contributed by atoms with van der Waals surface area (Å²) in [5, 5.41) is 11.9. The van der Waals surface area contributed by atoms with Crippen molar-refractivity contribution in [3.05, 3.63) is 54.6 Å². The number of carbonyl (C=O) groups is 1. The molecule has 1 amide bonds. The molecule has 0 aromatic heterocycles. The van der Waals surface area contributed by atoms with Crippen LogP contribution >= 0.6 is 0 Å². The van der Waals surface area contributed by atoms with E-state index in [1.807, 2.05) is 61.2 Å². The number of carbonyl (C=O) groups excluding carboxylic acids is 1. The number of benzene rings is 2. The maximum Gasteiger partial charge on any atom is 0.262 e. The fourth-order valence-electron chi connectivity index (χ4n) is 2.37. The van der Waals surface area contributed by atoms with E-state index in [-0.39, 0.29) is 18.6 Å². The van der Waals surface area contributed by atoms with Gasteiger partial charge in [-0.15, -0.1) is 0 Å². The highest BCUT2D eigenvalue weighted by Gasteiger charge is 2.12. The highest BCUT2D eigenvalue weighted by molar-refractivity contribution is 5.92. The smallest absolute Gasteiger partial charge is 0.262 e. The predicted octanol–water partition coefficient (Wildman–Crippen LogP) is 3.44. The minimum atomic E-state index is -0.234. The number of hydrogen-bond acceptors (Lipinski definition) is 4. The fraction of sp³-hybridized carbons (Fsp3) is 0.263. The van der Waals surface area contributed by atoms with Gasteiger partial charge in [-0.2, -0.15) is 5.26 Å². The number of para-hydroxylation sites is 1. The Kier molecular flexibility index (Phi) is 6.21. The first-order chi connectivity index (χ1) is 11.6. The van der Waals surface area contributed by atoms with E-state index in [9.17, 15) is 4.79 Å². The van der Waals surface area contributed by atoms with Crippen molar-refractivity contribution in [2.24, 2.45) is 0 Å². The van der Waals surface area contributed by atoms with E-state index in [2.05, 4.69) is 11.4 Å². The van der Waals surface area contributed by atoms with Crippen molar-refractivity contribution in [3.63, 3.8) is 0 Å². The topological polar surface area (TPSA) is 65.4 Å². The summed E-state index contributed by atoms with van der Waals surface area (Å²) in [5.41, 5.74) is 1.58. The molecule has 5 heteroatoms. The van der Waals surface area contributed by atoms with Gasteiger partial charge in [-0.3, -0.25) is 4.79 Å². The third kappa shape index (κ3) is 4.75. The van der Waals surface area contributed by atoms with Crippen LogP contribution in [0.1, 0.15) is 13.8 Å². The molecular weight excluding hydrogens is 302 g/mol. The van der Waals surface area contributed by atoms with E-state index in [0.29, 0.717) is 18.0 Å². The minimum Gasteiger partial charge on any atom is -0.484 e. The first-order valence-electron chi connectivity index (χ1n) is 7.88. The van der Waals surface area contributed by atoms with E-state index >= 15 is 0 Å². The molecule has 0 radical (unpaired) electrons. The summed E-state index contributed by atoms with van der Waals surface area (Å²) in [6.07, 6.45) is 0. The molecule has 1 N–H and O–H groups in total. The Labute approximate surface area is 142 Å². The molecule has 0 aliphatic rings. The van der Waals surface area contributed by atoms with E-state index in [1.54, 1.807) is 12.1 Å². The van der Waals surface area contributed by atoms with Crippen LogP contribution in [0.4, 0.5) is 11.4 Å². The van der Waals surface area contributed by atoms with Crippen molar-refractivity contribution in [2.45, 2.75) is 19.9 Å². The Bertz CT molecular complexity index is 710. The number of nitrogens with one attached hydrogen (secondary N) is 1. The van der Waals surface area contributed by atoms with Crippen LogP contribution in [0.15, 0.2) is 54.6 Å². The average molecular weight is 323 g/mol. The molecule has 24 heavy (non-hydrogen) atoms. The molecule has 2 aromatic carbocycles. The van der Waals surface area contributed by atoms with Crippen LogP contribution < -0.4 is 15.0 Å². The van der Waals surface area contributed by atoms with Gasteiger partial charge in [0.25, 0.3) is 5.91 Å². The molecule has 0 fully saturated rings. The lowest BCUT2D eigenvalue weighted by Gasteiger charge is -2.25. The fourth-order valence-corrected chi connectivity index (χ4v) is 2.37. The number of nitrogens with zero attached hydrogens (tertiary/aromatic N) is 2. The first-order valence-corrected chi connectivity index (χ1v) is 7.88. The molecule has 0 aliphatic carbocycles. The molecule has 0 aliphatic heterocycles. The molecule has 5 nitrogen and oxygen atoms in total. The van der Waals surface area contributed by atoms with Crippen LogP contribution in [0.2, 0.25) is 0 Å². The van der Waals surface area contributed by atoms with Crippen molar-refractivity contribution >= 4 is 17.3 Å². The Morgan fingerprint density at radius 1 is 1.25 bits per heavy atom. The lowest BCUT2D eigenvalue weighted by Crippen LogP contribution is -2.31. The first kappa shape index (κ1) is 17.4. The Morgan fingerprint density at radius 3 is 2.67 bits per heavy atom. The van der Waals surface area contributed by atoms with E-state index < -0.39 is 0 Å². The Hall–Kier alpha value is -3.00. The highest BCUT2D eigenvalue weighted by Crippen LogP contribution is 2.21. The number of anilines is 2. The molecule has 2 aromatic rings. The second kappa shape index (κ2) is 8.59. The molecule has 2 rings (SSSR count). The van der Waals surface area contributed by atoms with Crippen LogP contribution in [-0.2, 0) is 4.79 Å². The molecule has 1 atom stereocenters. The van der Waals surface area contributed by atoms with Crippen molar-refractivity contribution in [1.82, 2.24) is 0 Å². The summed E-state index contributed by atoms with van der Waals surface area (Å²) < 4.78 is 5.43. The van der Waals surface area contributed by atoms with Crippen molar-refractivity contribution in [1.29, 1.82) is 5.26 Å². The quantitative estimate of drug-likeness (QED) is 0.847. The lowest BCUT2D eigenvalue weighted by atomic mass is 10.2. The van der Waals surface area contributed by atoms with E-state index in [0.717, 1.165) is 5.69 Å². The van der Waals surface area contributed by atoms with Gasteiger partial charge in [-0.25, -0.2) is 0 Å². The second-order valence-electron chi connectivity index (χ2n) is 5.29. The molecule has 1 unspecified atom stereocenters. The van der Waals surface area contributed by atoms with Gasteiger partial charge in [0.1, 0.15) is 11.8 Å². The zero-order valence-corrected chi connectivity index (χ0v) is 13.9. The zero-order valence-electron chi connectivity index (χ0n) is 13.9. The Balaban J connectivity index is 1.98. The molecule has 0 bridgehead atoms. The van der Waals surface area contributed by atoms with Gasteiger partial charge >= 0.3 is 0 Å². The minimum absolute atomic E-state index is 0.0552. The SMILES string of the molecule is CCN(c1cccc(NC(=O)COc2ccccc2)c1)C(C)C#N. The van der Waals surface area contributed by atoms with Gasteiger partial charge < -0.3 is 15.0 Å². The highest BCUT2D eigenvalue weighted by atomic mass is 16.5. The Morgan fingerprint density at radius 2 is 2.00 bits per heavy atom. The average Bonchev–Trinajstić information content (AvgIpc) is 2.61. The van der Waals surface area contributed by atoms with E-state index in [1.165, 1.54) is 0 Å². The van der Waals surface area contributed by atoms with E-state index in [4.69, 9.17) is 10.00 Å². The molecule has 0 heterocycles. The number of rotatable bonds is 7. The monoisotopic (exact) mass is 323 g/mol. The maximum atomic E-state index is 12.0. The van der Waals surface area contributed by atoms with Crippen LogP contribution in [-0.4, -0.2) is 25.1 Å². The van der Waals surface area contributed by atoms with Crippen LogP contribution in [0.3, 0.4) is 0 Å². The molecule has 124 valence electrons. The predicted molar refractivity (Wildman–Crippen MR) is 95.1 cm³/mol. The number of amides is 1. The number of nitriles is 1. The van der Waals surface area contributed by atoms with Crippen molar-refractivity contribution in [2.75, 3.05) is 23.4 Å². The maximum absolute atomic E-state index is 12.0. The molecule has 0 saturated carbocycles. The summed E-state index contributed by atoms with van der Waals surface area (Å²) in [7, 11) is 0. The summed E-state index contributed by atoms with van der Waals surface area (Å²) in [4.78, 5) is 14.0. The second-order valence-corrected chi connectivity index (χ2v) is 5.29. The van der Waals surface area contributed by atoms with Gasteiger partial charge in [-0.05, 0) is 44.2 Å². The van der Waals surface area contributed by atoms with Gasteiger partial charge in [0.05, 0.1) is 6.07 Å². The third-order valence-corrected chi connectivity index (χ3v) is 3.57. The summed E-state index contributed by atoms with van der Waals surface area (Å²) in [6, 6.07) is 18.7. The van der Waals surface area contributed by atoms with Crippen LogP contribution in [0, 0.1) is 11.3 Å². The largest absolute Gasteiger partial charge is 0.484 e. The van der Waals surface area contributed by atoms with Crippen molar-refractivity contribution < 1.29 is 9.53 Å². The number of ether oxygens (including phenoxy) is 1. The molecule has 0 spiro atoms. The summed E-state index contributed by atoms with van der Waals surface area (Å²) in [5.74, 6) is 0.425.